The van der Waals surface area contributed by atoms with Crippen LogP contribution in [0.3, 0.4) is 0 Å². The molecule has 2 N–H and O–H groups in total. The van der Waals surface area contributed by atoms with Crippen molar-refractivity contribution in [3.8, 4) is 0 Å². The van der Waals surface area contributed by atoms with Gasteiger partial charge in [-0.25, -0.2) is 0 Å². The summed E-state index contributed by atoms with van der Waals surface area (Å²) in [6, 6.07) is -0.128. The molecule has 1 aliphatic rings. The molecule has 94 valence electrons. The molecular weight excluding hydrogens is 208 g/mol. The average molecular weight is 230 g/mol. The van der Waals surface area contributed by atoms with E-state index in [0.29, 0.717) is 12.5 Å². The maximum atomic E-state index is 11.1. The number of nitrogens with two attached hydrogens (primary N) is 1. The molecule has 0 aromatic heterocycles. The smallest absolute Gasteiger partial charge is 0.322 e. The highest BCUT2D eigenvalue weighted by Crippen LogP contribution is 2.12. The number of rotatable bonds is 4. The highest BCUT2D eigenvalue weighted by molar-refractivity contribution is 5.75. The molecule has 1 saturated heterocycles. The van der Waals surface area contributed by atoms with Crippen molar-refractivity contribution in [2.45, 2.75) is 38.5 Å². The second kappa shape index (κ2) is 6.18. The Bertz CT molecular complexity index is 235. The molecule has 3 unspecified atom stereocenters. The van der Waals surface area contributed by atoms with Gasteiger partial charge in [0.05, 0.1) is 19.8 Å². The van der Waals surface area contributed by atoms with Crippen LogP contribution in [0.2, 0.25) is 0 Å². The zero-order valence-electron chi connectivity index (χ0n) is 10.3. The molecule has 0 aromatic carbocycles. The lowest BCUT2D eigenvalue weighted by Crippen LogP contribution is -2.49. The van der Waals surface area contributed by atoms with Crippen LogP contribution in [0.25, 0.3) is 0 Å². The Morgan fingerprint density at radius 3 is 2.94 bits per heavy atom. The van der Waals surface area contributed by atoms with E-state index in [0.717, 1.165) is 19.7 Å². The third kappa shape index (κ3) is 3.73. The van der Waals surface area contributed by atoms with E-state index in [1.807, 2.05) is 0 Å². The molecule has 0 aromatic rings. The highest BCUT2D eigenvalue weighted by Gasteiger charge is 2.24. The van der Waals surface area contributed by atoms with Crippen molar-refractivity contribution in [2.24, 2.45) is 5.73 Å². The number of hydrogen-bond donors (Lipinski definition) is 1. The Hall–Kier alpha value is -0.650. The molecule has 1 fully saturated rings. The third-order valence-electron chi connectivity index (χ3n) is 2.97. The molecule has 0 aliphatic carbocycles. The molecule has 5 nitrogen and oxygen atoms in total. The van der Waals surface area contributed by atoms with Crippen LogP contribution >= 0.6 is 0 Å². The molecule has 1 aliphatic heterocycles. The van der Waals surface area contributed by atoms with Crippen molar-refractivity contribution >= 4 is 5.97 Å². The zero-order valence-corrected chi connectivity index (χ0v) is 10.3. The van der Waals surface area contributed by atoms with E-state index in [1.54, 1.807) is 0 Å². The van der Waals surface area contributed by atoms with Crippen LogP contribution in [0.1, 0.15) is 20.3 Å². The summed E-state index contributed by atoms with van der Waals surface area (Å²) in [5, 5.41) is 0. The zero-order chi connectivity index (χ0) is 12.1. The maximum Gasteiger partial charge on any atom is 0.322 e. The van der Waals surface area contributed by atoms with Crippen LogP contribution in [-0.2, 0) is 14.3 Å². The Balaban J connectivity index is 2.33. The lowest BCUT2D eigenvalue weighted by molar-refractivity contribution is -0.142. The van der Waals surface area contributed by atoms with Crippen LogP contribution in [0, 0.1) is 0 Å². The molecule has 1 heterocycles. The minimum Gasteiger partial charge on any atom is -0.468 e. The summed E-state index contributed by atoms with van der Waals surface area (Å²) in [4.78, 5) is 13.4. The van der Waals surface area contributed by atoms with Gasteiger partial charge in [0.1, 0.15) is 6.04 Å². The summed E-state index contributed by atoms with van der Waals surface area (Å²) >= 11 is 0. The van der Waals surface area contributed by atoms with E-state index in [9.17, 15) is 4.79 Å². The molecule has 0 radical (unpaired) electrons. The van der Waals surface area contributed by atoms with Crippen LogP contribution < -0.4 is 5.73 Å². The topological polar surface area (TPSA) is 64.8 Å². The van der Waals surface area contributed by atoms with Crippen LogP contribution in [0.15, 0.2) is 0 Å². The SMILES string of the molecule is COC(=O)C(N)CCN1CC(C)OCC1C. The Kier molecular flexibility index (Phi) is 5.18. The molecule has 0 amide bonds. The minimum atomic E-state index is -0.518. The van der Waals surface area contributed by atoms with Gasteiger partial charge in [-0.2, -0.15) is 0 Å². The number of ether oxygens (including phenoxy) is 2. The van der Waals surface area contributed by atoms with Crippen molar-refractivity contribution < 1.29 is 14.3 Å². The van der Waals surface area contributed by atoms with Crippen molar-refractivity contribution in [2.75, 3.05) is 26.8 Å². The maximum absolute atomic E-state index is 11.1. The second-order valence-electron chi connectivity index (χ2n) is 4.41. The molecule has 5 heteroatoms. The van der Waals surface area contributed by atoms with Crippen LogP contribution in [0.5, 0.6) is 0 Å². The number of methoxy groups -OCH3 is 1. The van der Waals surface area contributed by atoms with Gasteiger partial charge in [-0.05, 0) is 20.3 Å². The van der Waals surface area contributed by atoms with Gasteiger partial charge in [-0.15, -0.1) is 0 Å². The Morgan fingerprint density at radius 1 is 1.62 bits per heavy atom. The van der Waals surface area contributed by atoms with Gasteiger partial charge in [0.25, 0.3) is 0 Å². The quantitative estimate of drug-likeness (QED) is 0.688. The molecule has 0 spiro atoms. The summed E-state index contributed by atoms with van der Waals surface area (Å²) in [6.07, 6.45) is 0.884. The van der Waals surface area contributed by atoms with Crippen molar-refractivity contribution in [3.63, 3.8) is 0 Å². The fraction of sp³-hybridized carbons (Fsp3) is 0.909. The van der Waals surface area contributed by atoms with Gasteiger partial charge in [0, 0.05) is 19.1 Å². The van der Waals surface area contributed by atoms with Gasteiger partial charge in [0.15, 0.2) is 0 Å². The molecule has 3 atom stereocenters. The fourth-order valence-electron chi connectivity index (χ4n) is 1.86. The number of carbonyl (C=O) groups excluding carboxylic acids is 1. The molecular formula is C11H22N2O3. The summed E-state index contributed by atoms with van der Waals surface area (Å²) < 4.78 is 10.1. The normalized spacial score (nSPS) is 28.8. The highest BCUT2D eigenvalue weighted by atomic mass is 16.5. The van der Waals surface area contributed by atoms with Gasteiger partial charge >= 0.3 is 5.97 Å². The first-order chi connectivity index (χ1) is 7.54. The number of morpholine rings is 1. The second-order valence-corrected chi connectivity index (χ2v) is 4.41. The van der Waals surface area contributed by atoms with E-state index in [2.05, 4.69) is 23.5 Å². The van der Waals surface area contributed by atoms with E-state index in [4.69, 9.17) is 10.5 Å². The number of esters is 1. The average Bonchev–Trinajstić information content (AvgIpc) is 2.28. The monoisotopic (exact) mass is 230 g/mol. The Morgan fingerprint density at radius 2 is 2.31 bits per heavy atom. The van der Waals surface area contributed by atoms with E-state index in [1.165, 1.54) is 7.11 Å². The van der Waals surface area contributed by atoms with Crippen molar-refractivity contribution in [1.29, 1.82) is 0 Å². The standard InChI is InChI=1S/C11H22N2O3/c1-8-7-16-9(2)6-13(8)5-4-10(12)11(14)15-3/h8-10H,4-7,12H2,1-3H3. The van der Waals surface area contributed by atoms with Crippen LogP contribution in [0.4, 0.5) is 0 Å². The van der Waals surface area contributed by atoms with Gasteiger partial charge in [0.2, 0.25) is 0 Å². The molecule has 1 rings (SSSR count). The summed E-state index contributed by atoms with van der Waals surface area (Å²) in [6.45, 7) is 6.63. The number of carbonyl (C=O) groups is 1. The lowest BCUT2D eigenvalue weighted by Gasteiger charge is -2.37. The largest absolute Gasteiger partial charge is 0.468 e. The minimum absolute atomic E-state index is 0.255. The lowest BCUT2D eigenvalue weighted by atomic mass is 10.1. The predicted molar refractivity (Wildman–Crippen MR) is 61.1 cm³/mol. The van der Waals surface area contributed by atoms with E-state index >= 15 is 0 Å². The van der Waals surface area contributed by atoms with E-state index < -0.39 is 6.04 Å². The van der Waals surface area contributed by atoms with Gasteiger partial charge in [-0.1, -0.05) is 0 Å². The van der Waals surface area contributed by atoms with Crippen molar-refractivity contribution in [1.82, 2.24) is 4.90 Å². The van der Waals surface area contributed by atoms with Crippen molar-refractivity contribution in [3.05, 3.63) is 0 Å². The number of hydrogen-bond acceptors (Lipinski definition) is 5. The molecule has 16 heavy (non-hydrogen) atoms. The van der Waals surface area contributed by atoms with Gasteiger partial charge in [-0.3, -0.25) is 9.69 Å². The predicted octanol–water partition coefficient (Wildman–Crippen LogP) is -0.0140. The van der Waals surface area contributed by atoms with Crippen LogP contribution in [-0.4, -0.2) is 55.9 Å². The fourth-order valence-corrected chi connectivity index (χ4v) is 1.86. The molecule has 0 saturated carbocycles. The Labute approximate surface area is 96.9 Å². The number of nitrogens with zero attached hydrogens (tertiary/aromatic N) is 1. The molecule has 0 bridgehead atoms. The third-order valence-corrected chi connectivity index (χ3v) is 2.97. The van der Waals surface area contributed by atoms with Gasteiger partial charge < -0.3 is 15.2 Å². The summed E-state index contributed by atoms with van der Waals surface area (Å²) in [7, 11) is 1.36. The first-order valence-corrected chi connectivity index (χ1v) is 5.73. The summed E-state index contributed by atoms with van der Waals surface area (Å²) in [5.74, 6) is -0.339. The first-order valence-electron chi connectivity index (χ1n) is 5.73. The van der Waals surface area contributed by atoms with E-state index in [-0.39, 0.29) is 12.1 Å². The summed E-state index contributed by atoms with van der Waals surface area (Å²) in [5.41, 5.74) is 5.69. The first kappa shape index (κ1) is 13.4.